The van der Waals surface area contributed by atoms with Gasteiger partial charge in [-0.15, -0.1) is 0 Å². The summed E-state index contributed by atoms with van der Waals surface area (Å²) in [5.41, 5.74) is 3.41. The monoisotopic (exact) mass is 384 g/mol. The summed E-state index contributed by atoms with van der Waals surface area (Å²) in [5.74, 6) is -0.310. The first-order valence-corrected chi connectivity index (χ1v) is 9.51. The molecule has 1 aliphatic heterocycles. The zero-order valence-electron chi connectivity index (χ0n) is 15.8. The number of aromatic nitrogens is 2. The molecule has 1 N–H and O–H groups in total. The summed E-state index contributed by atoms with van der Waals surface area (Å²) in [7, 11) is 0. The number of nitrogens with zero attached hydrogens (tertiary/aromatic N) is 3. The maximum absolute atomic E-state index is 12.7. The van der Waals surface area contributed by atoms with E-state index in [1.165, 1.54) is 0 Å². The van der Waals surface area contributed by atoms with Crippen molar-refractivity contribution in [3.63, 3.8) is 0 Å². The standard InChI is InChI=1S/C20H24N4O2S/c1-4-11-24-14(3)17(19(25)26-5-2)18(22-20(24)27)15-6-8-16(9-7-15)23-12-10-21-13-23/h6-10,12-13,18H,4-5,11H2,1-3H3,(H,22,27). The summed E-state index contributed by atoms with van der Waals surface area (Å²) >= 11 is 5.56. The van der Waals surface area contributed by atoms with Crippen molar-refractivity contribution in [3.05, 3.63) is 59.8 Å². The predicted octanol–water partition coefficient (Wildman–Crippen LogP) is 3.35. The molecule has 0 saturated heterocycles. The van der Waals surface area contributed by atoms with E-state index < -0.39 is 0 Å². The van der Waals surface area contributed by atoms with E-state index in [1.54, 1.807) is 12.5 Å². The maximum Gasteiger partial charge on any atom is 0.338 e. The summed E-state index contributed by atoms with van der Waals surface area (Å²) in [6, 6.07) is 7.66. The Morgan fingerprint density at radius 2 is 2.04 bits per heavy atom. The quantitative estimate of drug-likeness (QED) is 0.609. The number of thiocarbonyl (C=S) groups is 1. The Balaban J connectivity index is 1.98. The summed E-state index contributed by atoms with van der Waals surface area (Å²) < 4.78 is 7.26. The van der Waals surface area contributed by atoms with E-state index in [0.29, 0.717) is 17.3 Å². The molecule has 2 heterocycles. The smallest absolute Gasteiger partial charge is 0.338 e. The van der Waals surface area contributed by atoms with Crippen LogP contribution in [0.5, 0.6) is 0 Å². The predicted molar refractivity (Wildman–Crippen MR) is 108 cm³/mol. The van der Waals surface area contributed by atoms with Crippen LogP contribution in [0, 0.1) is 0 Å². The molecule has 27 heavy (non-hydrogen) atoms. The minimum atomic E-state index is -0.332. The molecule has 1 aliphatic rings. The summed E-state index contributed by atoms with van der Waals surface area (Å²) in [4.78, 5) is 18.7. The van der Waals surface area contributed by atoms with Gasteiger partial charge in [0.2, 0.25) is 0 Å². The Hall–Kier alpha value is -2.67. The number of rotatable bonds is 6. The van der Waals surface area contributed by atoms with Crippen molar-refractivity contribution in [2.45, 2.75) is 33.2 Å². The van der Waals surface area contributed by atoms with Gasteiger partial charge in [0.25, 0.3) is 0 Å². The second kappa shape index (κ2) is 8.35. The first-order valence-electron chi connectivity index (χ1n) is 9.11. The van der Waals surface area contributed by atoms with Crippen molar-refractivity contribution in [1.29, 1.82) is 0 Å². The molecule has 1 aromatic heterocycles. The number of hydrogen-bond donors (Lipinski definition) is 1. The third kappa shape index (κ3) is 3.88. The zero-order valence-corrected chi connectivity index (χ0v) is 16.6. The van der Waals surface area contributed by atoms with E-state index in [4.69, 9.17) is 17.0 Å². The average molecular weight is 385 g/mol. The third-order valence-electron chi connectivity index (χ3n) is 4.57. The number of nitrogens with one attached hydrogen (secondary N) is 1. The Labute approximate surface area is 164 Å². The topological polar surface area (TPSA) is 59.4 Å². The molecule has 7 heteroatoms. The molecule has 0 spiro atoms. The van der Waals surface area contributed by atoms with Crippen LogP contribution in [0.2, 0.25) is 0 Å². The fourth-order valence-electron chi connectivity index (χ4n) is 3.25. The van der Waals surface area contributed by atoms with Crippen LogP contribution in [0.25, 0.3) is 5.69 Å². The number of allylic oxidation sites excluding steroid dienone is 1. The van der Waals surface area contributed by atoms with Gasteiger partial charge in [0.15, 0.2) is 5.11 Å². The van der Waals surface area contributed by atoms with Crippen molar-refractivity contribution in [2.75, 3.05) is 13.2 Å². The number of carbonyl (C=O) groups is 1. The van der Waals surface area contributed by atoms with Crippen LogP contribution in [-0.4, -0.2) is 38.7 Å². The van der Waals surface area contributed by atoms with Gasteiger partial charge in [-0.3, -0.25) is 0 Å². The zero-order chi connectivity index (χ0) is 19.4. The van der Waals surface area contributed by atoms with Crippen molar-refractivity contribution < 1.29 is 9.53 Å². The van der Waals surface area contributed by atoms with E-state index in [-0.39, 0.29) is 12.0 Å². The summed E-state index contributed by atoms with van der Waals surface area (Å²) in [6.45, 7) is 6.92. The highest BCUT2D eigenvalue weighted by atomic mass is 32.1. The minimum absolute atomic E-state index is 0.310. The van der Waals surface area contributed by atoms with Crippen LogP contribution < -0.4 is 5.32 Å². The second-order valence-corrected chi connectivity index (χ2v) is 6.70. The van der Waals surface area contributed by atoms with E-state index in [1.807, 2.05) is 53.8 Å². The van der Waals surface area contributed by atoms with E-state index in [9.17, 15) is 4.79 Å². The van der Waals surface area contributed by atoms with Gasteiger partial charge in [-0.05, 0) is 50.2 Å². The molecule has 0 amide bonds. The van der Waals surface area contributed by atoms with E-state index >= 15 is 0 Å². The number of esters is 1. The number of imidazole rings is 1. The molecule has 1 aromatic carbocycles. The Bertz CT molecular complexity index is 843. The SMILES string of the molecule is CCCN1C(=S)NC(c2ccc(-n3ccnc3)cc2)C(C(=O)OCC)=C1C. The molecule has 0 aliphatic carbocycles. The van der Waals surface area contributed by atoms with Crippen LogP contribution in [0.1, 0.15) is 38.8 Å². The lowest BCUT2D eigenvalue weighted by Crippen LogP contribution is -2.48. The first-order chi connectivity index (χ1) is 13.1. The van der Waals surface area contributed by atoms with Gasteiger partial charge in [0.1, 0.15) is 0 Å². The number of hydrogen-bond acceptors (Lipinski definition) is 4. The lowest BCUT2D eigenvalue weighted by Gasteiger charge is -2.37. The maximum atomic E-state index is 12.7. The highest BCUT2D eigenvalue weighted by Gasteiger charge is 2.34. The fourth-order valence-corrected chi connectivity index (χ4v) is 3.59. The molecular formula is C20H24N4O2S. The molecule has 6 nitrogen and oxygen atoms in total. The van der Waals surface area contributed by atoms with Gasteiger partial charge >= 0.3 is 5.97 Å². The fraction of sp³-hybridized carbons (Fsp3) is 0.350. The van der Waals surface area contributed by atoms with Crippen LogP contribution >= 0.6 is 12.2 Å². The van der Waals surface area contributed by atoms with E-state index in [2.05, 4.69) is 17.2 Å². The molecule has 0 fully saturated rings. The van der Waals surface area contributed by atoms with Crippen molar-refractivity contribution in [1.82, 2.24) is 19.8 Å². The molecule has 1 unspecified atom stereocenters. The normalized spacial score (nSPS) is 17.1. The second-order valence-electron chi connectivity index (χ2n) is 6.32. The van der Waals surface area contributed by atoms with Crippen molar-refractivity contribution in [2.24, 2.45) is 0 Å². The highest BCUT2D eigenvalue weighted by Crippen LogP contribution is 2.32. The van der Waals surface area contributed by atoms with Gasteiger partial charge in [0, 0.05) is 30.3 Å². The largest absolute Gasteiger partial charge is 0.463 e. The lowest BCUT2D eigenvalue weighted by atomic mass is 9.94. The molecule has 0 bridgehead atoms. The number of ether oxygens (including phenoxy) is 1. The van der Waals surface area contributed by atoms with Gasteiger partial charge in [-0.25, -0.2) is 9.78 Å². The van der Waals surface area contributed by atoms with Crippen molar-refractivity contribution >= 4 is 23.3 Å². The van der Waals surface area contributed by atoms with Crippen molar-refractivity contribution in [3.8, 4) is 5.69 Å². The molecule has 3 rings (SSSR count). The third-order valence-corrected chi connectivity index (χ3v) is 4.91. The molecule has 0 radical (unpaired) electrons. The first kappa shape index (κ1) is 19.1. The van der Waals surface area contributed by atoms with Crippen LogP contribution in [0.15, 0.2) is 54.3 Å². The van der Waals surface area contributed by atoms with Gasteiger partial charge in [-0.1, -0.05) is 19.1 Å². The molecule has 0 saturated carbocycles. The van der Waals surface area contributed by atoms with Gasteiger partial charge in [0.05, 0.1) is 24.5 Å². The Kier molecular flexibility index (Phi) is 5.91. The Morgan fingerprint density at radius 3 is 2.63 bits per heavy atom. The van der Waals surface area contributed by atoms with Crippen LogP contribution in [-0.2, 0) is 9.53 Å². The highest BCUT2D eigenvalue weighted by molar-refractivity contribution is 7.80. The average Bonchev–Trinajstić information content (AvgIpc) is 3.19. The molecule has 1 atom stereocenters. The lowest BCUT2D eigenvalue weighted by molar-refractivity contribution is -0.139. The van der Waals surface area contributed by atoms with Crippen LogP contribution in [0.4, 0.5) is 0 Å². The molecule has 142 valence electrons. The summed E-state index contributed by atoms with van der Waals surface area (Å²) in [6.07, 6.45) is 6.31. The van der Waals surface area contributed by atoms with Gasteiger partial charge in [-0.2, -0.15) is 0 Å². The molecule has 2 aromatic rings. The minimum Gasteiger partial charge on any atom is -0.463 e. The van der Waals surface area contributed by atoms with E-state index in [0.717, 1.165) is 29.9 Å². The molecular weight excluding hydrogens is 360 g/mol. The number of carbonyl (C=O) groups excluding carboxylic acids is 1. The number of benzene rings is 1. The summed E-state index contributed by atoms with van der Waals surface area (Å²) in [5, 5.41) is 3.95. The van der Waals surface area contributed by atoms with Crippen LogP contribution in [0.3, 0.4) is 0 Å². The Morgan fingerprint density at radius 1 is 1.30 bits per heavy atom. The van der Waals surface area contributed by atoms with Gasteiger partial charge < -0.3 is 19.5 Å².